The van der Waals surface area contributed by atoms with Crippen molar-refractivity contribution in [2.45, 2.75) is 24.7 Å². The van der Waals surface area contributed by atoms with E-state index in [1.807, 2.05) is 0 Å². The maximum absolute atomic E-state index is 13.9. The van der Waals surface area contributed by atoms with Crippen LogP contribution in [0.25, 0.3) is 0 Å². The summed E-state index contributed by atoms with van der Waals surface area (Å²) in [4.78, 5) is 13.5. The Bertz CT molecular complexity index is 947. The number of halogens is 2. The monoisotopic (exact) mass is 382 g/mol. The molecular weight excluding hydrogens is 367 g/mol. The number of nitrogens with zero attached hydrogens (tertiary/aromatic N) is 1. The minimum Gasteiger partial charge on any atom is -0.312 e. The van der Waals surface area contributed by atoms with E-state index in [1.54, 1.807) is 24.0 Å². The molecule has 0 aromatic heterocycles. The molecule has 1 N–H and O–H groups in total. The van der Waals surface area contributed by atoms with Crippen LogP contribution in [-0.4, -0.2) is 20.9 Å². The first-order valence-electron chi connectivity index (χ1n) is 7.67. The van der Waals surface area contributed by atoms with Gasteiger partial charge in [-0.25, -0.2) is 12.8 Å². The quantitative estimate of drug-likeness (QED) is 0.876. The molecule has 1 amide bonds. The number of benzene rings is 2. The molecule has 3 rings (SSSR count). The molecule has 0 saturated carbocycles. The van der Waals surface area contributed by atoms with E-state index in [9.17, 15) is 17.6 Å². The maximum atomic E-state index is 13.9. The van der Waals surface area contributed by atoms with E-state index in [2.05, 4.69) is 4.72 Å². The summed E-state index contributed by atoms with van der Waals surface area (Å²) >= 11 is 5.67. The van der Waals surface area contributed by atoms with Gasteiger partial charge in [0.05, 0.1) is 10.6 Å². The van der Waals surface area contributed by atoms with E-state index >= 15 is 0 Å². The first-order chi connectivity index (χ1) is 11.8. The lowest BCUT2D eigenvalue weighted by Gasteiger charge is -2.18. The van der Waals surface area contributed by atoms with Crippen LogP contribution in [0.5, 0.6) is 0 Å². The van der Waals surface area contributed by atoms with Crippen LogP contribution in [0, 0.1) is 12.7 Å². The summed E-state index contributed by atoms with van der Waals surface area (Å²) in [7, 11) is -3.97. The number of amides is 1. The van der Waals surface area contributed by atoms with E-state index < -0.39 is 15.8 Å². The highest BCUT2D eigenvalue weighted by molar-refractivity contribution is 7.92. The number of anilines is 2. The smallest absolute Gasteiger partial charge is 0.262 e. The van der Waals surface area contributed by atoms with Crippen LogP contribution in [0.2, 0.25) is 5.02 Å². The molecule has 1 aliphatic heterocycles. The first kappa shape index (κ1) is 17.7. The zero-order chi connectivity index (χ0) is 18.2. The highest BCUT2D eigenvalue weighted by Gasteiger charge is 2.24. The van der Waals surface area contributed by atoms with E-state index in [-0.39, 0.29) is 21.5 Å². The molecule has 0 aliphatic carbocycles. The fourth-order valence-electron chi connectivity index (χ4n) is 2.80. The Morgan fingerprint density at radius 2 is 1.96 bits per heavy atom. The summed E-state index contributed by atoms with van der Waals surface area (Å²) < 4.78 is 41.2. The third-order valence-electron chi connectivity index (χ3n) is 4.01. The molecule has 0 bridgehead atoms. The van der Waals surface area contributed by atoms with Gasteiger partial charge < -0.3 is 4.90 Å². The van der Waals surface area contributed by atoms with Crippen molar-refractivity contribution in [3.63, 3.8) is 0 Å². The number of hydrogen-bond acceptors (Lipinski definition) is 3. The molecule has 25 heavy (non-hydrogen) atoms. The van der Waals surface area contributed by atoms with Gasteiger partial charge in [0, 0.05) is 23.7 Å². The number of carbonyl (C=O) groups excluding carboxylic acids is 1. The summed E-state index contributed by atoms with van der Waals surface area (Å²) in [6, 6.07) is 8.36. The van der Waals surface area contributed by atoms with Crippen molar-refractivity contribution in [2.75, 3.05) is 16.2 Å². The third-order valence-corrected chi connectivity index (χ3v) is 5.77. The highest BCUT2D eigenvalue weighted by Crippen LogP contribution is 2.28. The zero-order valence-corrected chi connectivity index (χ0v) is 15.0. The summed E-state index contributed by atoms with van der Waals surface area (Å²) in [5.74, 6) is -0.732. The van der Waals surface area contributed by atoms with Crippen molar-refractivity contribution < 1.29 is 17.6 Å². The van der Waals surface area contributed by atoms with Gasteiger partial charge in [-0.2, -0.15) is 0 Å². The standard InChI is InChI=1S/C17H16ClFN2O3S/c1-11-9-13(21-8-2-3-17(21)22)5-7-16(11)25(23,24)20-15-6-4-12(18)10-14(15)19/h4-7,9-10,20H,2-3,8H2,1H3. The number of sulfonamides is 1. The summed E-state index contributed by atoms with van der Waals surface area (Å²) in [6.07, 6.45) is 1.28. The Balaban J connectivity index is 1.90. The maximum Gasteiger partial charge on any atom is 0.262 e. The van der Waals surface area contributed by atoms with Crippen LogP contribution in [0.4, 0.5) is 15.8 Å². The van der Waals surface area contributed by atoms with Crippen LogP contribution in [0.1, 0.15) is 18.4 Å². The highest BCUT2D eigenvalue weighted by atomic mass is 35.5. The average Bonchev–Trinajstić information content (AvgIpc) is 2.96. The SMILES string of the molecule is Cc1cc(N2CCCC2=O)ccc1S(=O)(=O)Nc1ccc(Cl)cc1F. The molecule has 1 saturated heterocycles. The van der Waals surface area contributed by atoms with Gasteiger partial charge in [-0.05, 0) is 55.3 Å². The van der Waals surface area contributed by atoms with Gasteiger partial charge in [0.1, 0.15) is 5.82 Å². The molecule has 0 radical (unpaired) electrons. The summed E-state index contributed by atoms with van der Waals surface area (Å²) in [5.41, 5.74) is 0.957. The fourth-order valence-corrected chi connectivity index (χ4v) is 4.25. The van der Waals surface area contributed by atoms with E-state index in [1.165, 1.54) is 18.2 Å². The van der Waals surface area contributed by atoms with Gasteiger partial charge in [0.25, 0.3) is 10.0 Å². The van der Waals surface area contributed by atoms with Crippen molar-refractivity contribution in [1.82, 2.24) is 0 Å². The van der Waals surface area contributed by atoms with Gasteiger partial charge in [-0.15, -0.1) is 0 Å². The van der Waals surface area contributed by atoms with Crippen LogP contribution < -0.4 is 9.62 Å². The van der Waals surface area contributed by atoms with Crippen molar-refractivity contribution in [3.8, 4) is 0 Å². The molecular formula is C17H16ClFN2O3S. The molecule has 2 aromatic rings. The van der Waals surface area contributed by atoms with E-state index in [0.717, 1.165) is 12.5 Å². The molecule has 8 heteroatoms. The van der Waals surface area contributed by atoms with Crippen LogP contribution in [0.15, 0.2) is 41.3 Å². The number of rotatable bonds is 4. The summed E-state index contributed by atoms with van der Waals surface area (Å²) in [6.45, 7) is 2.26. The zero-order valence-electron chi connectivity index (χ0n) is 13.4. The van der Waals surface area contributed by atoms with Crippen LogP contribution in [0.3, 0.4) is 0 Å². The number of aryl methyl sites for hydroxylation is 1. The minimum atomic E-state index is -3.97. The fraction of sp³-hybridized carbons (Fsp3) is 0.235. The largest absolute Gasteiger partial charge is 0.312 e. The van der Waals surface area contributed by atoms with Crippen molar-refractivity contribution in [2.24, 2.45) is 0 Å². The second-order valence-corrected chi connectivity index (χ2v) is 7.92. The second kappa shape index (κ2) is 6.65. The minimum absolute atomic E-state index is 0.0244. The molecule has 0 atom stereocenters. The van der Waals surface area contributed by atoms with Crippen molar-refractivity contribution in [3.05, 3.63) is 52.8 Å². The van der Waals surface area contributed by atoms with Gasteiger partial charge in [-0.3, -0.25) is 9.52 Å². The number of hydrogen-bond donors (Lipinski definition) is 1. The van der Waals surface area contributed by atoms with Gasteiger partial charge >= 0.3 is 0 Å². The van der Waals surface area contributed by atoms with E-state index in [0.29, 0.717) is 24.2 Å². The molecule has 132 valence electrons. The Labute approximate surface area is 150 Å². The van der Waals surface area contributed by atoms with Gasteiger partial charge in [0.15, 0.2) is 0 Å². The molecule has 1 aliphatic rings. The van der Waals surface area contributed by atoms with Crippen molar-refractivity contribution >= 4 is 38.9 Å². The molecule has 1 fully saturated rings. The van der Waals surface area contributed by atoms with Crippen LogP contribution >= 0.6 is 11.6 Å². The lowest BCUT2D eigenvalue weighted by atomic mass is 10.2. The topological polar surface area (TPSA) is 66.5 Å². The summed E-state index contributed by atoms with van der Waals surface area (Å²) in [5, 5.41) is 0.177. The average molecular weight is 383 g/mol. The van der Waals surface area contributed by atoms with Gasteiger partial charge in [-0.1, -0.05) is 11.6 Å². The number of carbonyl (C=O) groups is 1. The number of nitrogens with one attached hydrogen (secondary N) is 1. The van der Waals surface area contributed by atoms with Crippen molar-refractivity contribution in [1.29, 1.82) is 0 Å². The Morgan fingerprint density at radius 1 is 1.20 bits per heavy atom. The molecule has 2 aromatic carbocycles. The van der Waals surface area contributed by atoms with E-state index in [4.69, 9.17) is 11.6 Å². The Morgan fingerprint density at radius 3 is 2.56 bits per heavy atom. The Kier molecular flexibility index (Phi) is 4.71. The normalized spacial score (nSPS) is 14.8. The predicted molar refractivity (Wildman–Crippen MR) is 95.0 cm³/mol. The third kappa shape index (κ3) is 3.62. The van der Waals surface area contributed by atoms with Gasteiger partial charge in [0.2, 0.25) is 5.91 Å². The first-order valence-corrected chi connectivity index (χ1v) is 9.53. The molecule has 0 unspecified atom stereocenters. The molecule has 1 heterocycles. The lowest BCUT2D eigenvalue weighted by Crippen LogP contribution is -2.24. The second-order valence-electron chi connectivity index (χ2n) is 5.83. The van der Waals surface area contributed by atoms with Crippen LogP contribution in [-0.2, 0) is 14.8 Å². The molecule has 0 spiro atoms. The predicted octanol–water partition coefficient (Wildman–Crippen LogP) is 3.72. The molecule has 5 nitrogen and oxygen atoms in total. The Hall–Kier alpha value is -2.12. The lowest BCUT2D eigenvalue weighted by molar-refractivity contribution is -0.117.